The molecule has 1 aromatic carbocycles. The van der Waals surface area contributed by atoms with Crippen LogP contribution in [0.2, 0.25) is 0 Å². The van der Waals surface area contributed by atoms with Crippen molar-refractivity contribution in [3.05, 3.63) is 40.9 Å². The summed E-state index contributed by atoms with van der Waals surface area (Å²) >= 11 is 1.26. The van der Waals surface area contributed by atoms with Gasteiger partial charge in [0, 0.05) is 10.9 Å². The van der Waals surface area contributed by atoms with Gasteiger partial charge in [0.2, 0.25) is 5.13 Å². The lowest BCUT2D eigenvalue weighted by molar-refractivity contribution is 0.0520. The van der Waals surface area contributed by atoms with E-state index in [1.165, 1.54) is 11.3 Å². The second-order valence-electron chi connectivity index (χ2n) is 4.12. The molecule has 0 amide bonds. The zero-order valence-electron chi connectivity index (χ0n) is 11.7. The van der Waals surface area contributed by atoms with Gasteiger partial charge in [0.15, 0.2) is 5.69 Å². The van der Waals surface area contributed by atoms with Crippen LogP contribution >= 0.6 is 11.3 Å². The quantitative estimate of drug-likeness (QED) is 0.504. The number of anilines is 1. The zero-order valence-corrected chi connectivity index (χ0v) is 12.5. The Labute approximate surface area is 126 Å². The Morgan fingerprint density at radius 1 is 1.52 bits per heavy atom. The predicted molar refractivity (Wildman–Crippen MR) is 82.0 cm³/mol. The minimum Gasteiger partial charge on any atom is -0.508 e. The summed E-state index contributed by atoms with van der Waals surface area (Å²) in [5.41, 5.74) is 4.53. The van der Waals surface area contributed by atoms with Crippen molar-refractivity contribution in [3.8, 4) is 5.75 Å². The standard InChI is InChI=1S/C14H15N3O3S/c1-3-20-13(19)12-8-21-14(15-12)17-16-9(2)10-5-4-6-11(18)7-10/h4-8,18H,3H2,1-2H3,(H,15,17)/b16-9-. The monoisotopic (exact) mass is 305 g/mol. The van der Waals surface area contributed by atoms with Crippen molar-refractivity contribution >= 4 is 28.1 Å². The normalized spacial score (nSPS) is 11.2. The molecule has 2 aromatic rings. The van der Waals surface area contributed by atoms with Crippen molar-refractivity contribution in [1.29, 1.82) is 0 Å². The smallest absolute Gasteiger partial charge is 0.357 e. The van der Waals surface area contributed by atoms with E-state index in [0.29, 0.717) is 17.5 Å². The maximum atomic E-state index is 11.5. The second-order valence-corrected chi connectivity index (χ2v) is 4.98. The average molecular weight is 305 g/mol. The molecule has 0 spiro atoms. The fourth-order valence-corrected chi connectivity index (χ4v) is 2.17. The average Bonchev–Trinajstić information content (AvgIpc) is 2.94. The number of aromatic nitrogens is 1. The molecule has 2 N–H and O–H groups in total. The molecule has 0 fully saturated rings. The first-order chi connectivity index (χ1) is 10.1. The number of esters is 1. The number of thiazole rings is 1. The number of ether oxygens (including phenoxy) is 1. The molecule has 0 bridgehead atoms. The summed E-state index contributed by atoms with van der Waals surface area (Å²) in [6, 6.07) is 6.79. The highest BCUT2D eigenvalue weighted by molar-refractivity contribution is 7.13. The summed E-state index contributed by atoms with van der Waals surface area (Å²) in [4.78, 5) is 15.6. The SMILES string of the molecule is CCOC(=O)c1csc(N/N=C(/C)c2cccc(O)c2)n1. The van der Waals surface area contributed by atoms with Gasteiger partial charge in [-0.2, -0.15) is 5.10 Å². The summed E-state index contributed by atoms with van der Waals surface area (Å²) in [6.45, 7) is 3.86. The molecule has 0 radical (unpaired) electrons. The first-order valence-corrected chi connectivity index (χ1v) is 7.20. The number of phenolic OH excluding ortho intramolecular Hbond substituents is 1. The summed E-state index contributed by atoms with van der Waals surface area (Å²) in [7, 11) is 0. The van der Waals surface area contributed by atoms with E-state index >= 15 is 0 Å². The largest absolute Gasteiger partial charge is 0.508 e. The fraction of sp³-hybridized carbons (Fsp3) is 0.214. The Kier molecular flexibility index (Phi) is 4.89. The van der Waals surface area contributed by atoms with E-state index in [2.05, 4.69) is 15.5 Å². The van der Waals surface area contributed by atoms with E-state index in [9.17, 15) is 9.90 Å². The molecule has 110 valence electrons. The van der Waals surface area contributed by atoms with E-state index in [-0.39, 0.29) is 11.4 Å². The van der Waals surface area contributed by atoms with Crippen LogP contribution in [0.4, 0.5) is 5.13 Å². The molecule has 0 aliphatic carbocycles. The number of nitrogens with zero attached hydrogens (tertiary/aromatic N) is 2. The van der Waals surface area contributed by atoms with E-state index in [4.69, 9.17) is 4.74 Å². The Balaban J connectivity index is 2.05. The Morgan fingerprint density at radius 2 is 2.33 bits per heavy atom. The molecule has 7 heteroatoms. The Morgan fingerprint density at radius 3 is 3.05 bits per heavy atom. The van der Waals surface area contributed by atoms with Crippen LogP contribution in [0, 0.1) is 0 Å². The Bertz CT molecular complexity index is 667. The zero-order chi connectivity index (χ0) is 15.2. The topological polar surface area (TPSA) is 83.8 Å². The number of hydrogen-bond donors (Lipinski definition) is 2. The van der Waals surface area contributed by atoms with Gasteiger partial charge in [0.05, 0.1) is 12.3 Å². The number of carbonyl (C=O) groups is 1. The van der Waals surface area contributed by atoms with Crippen molar-refractivity contribution < 1.29 is 14.6 Å². The van der Waals surface area contributed by atoms with Gasteiger partial charge in [0.25, 0.3) is 0 Å². The highest BCUT2D eigenvalue weighted by Gasteiger charge is 2.11. The van der Waals surface area contributed by atoms with E-state index in [0.717, 1.165) is 5.56 Å². The summed E-state index contributed by atoms with van der Waals surface area (Å²) in [5, 5.41) is 15.7. The number of nitrogens with one attached hydrogen (secondary N) is 1. The Hall–Kier alpha value is -2.41. The first kappa shape index (κ1) is 15.0. The second kappa shape index (κ2) is 6.85. The lowest BCUT2D eigenvalue weighted by Gasteiger charge is -2.01. The van der Waals surface area contributed by atoms with Crippen molar-refractivity contribution in [1.82, 2.24) is 4.98 Å². The number of rotatable bonds is 5. The molecule has 0 aliphatic heterocycles. The molecular weight excluding hydrogens is 290 g/mol. The summed E-state index contributed by atoms with van der Waals surface area (Å²) < 4.78 is 4.86. The van der Waals surface area contributed by atoms with Gasteiger partial charge in [-0.25, -0.2) is 9.78 Å². The molecule has 2 rings (SSSR count). The van der Waals surface area contributed by atoms with Gasteiger partial charge in [-0.1, -0.05) is 12.1 Å². The molecule has 0 saturated carbocycles. The van der Waals surface area contributed by atoms with Crippen LogP contribution in [0.25, 0.3) is 0 Å². The highest BCUT2D eigenvalue weighted by Crippen LogP contribution is 2.17. The predicted octanol–water partition coefficient (Wildman–Crippen LogP) is 2.86. The number of hydrazone groups is 1. The van der Waals surface area contributed by atoms with Crippen LogP contribution in [0.15, 0.2) is 34.7 Å². The third kappa shape index (κ3) is 4.03. The molecule has 0 aliphatic rings. The summed E-state index contributed by atoms with van der Waals surface area (Å²) in [5.74, 6) is -0.267. The lowest BCUT2D eigenvalue weighted by atomic mass is 10.1. The molecule has 1 aromatic heterocycles. The molecule has 0 unspecified atom stereocenters. The van der Waals surface area contributed by atoms with Gasteiger partial charge in [-0.05, 0) is 26.0 Å². The number of benzene rings is 1. The van der Waals surface area contributed by atoms with E-state index < -0.39 is 5.97 Å². The van der Waals surface area contributed by atoms with E-state index in [1.807, 2.05) is 13.0 Å². The third-order valence-corrected chi connectivity index (χ3v) is 3.32. The third-order valence-electron chi connectivity index (χ3n) is 2.57. The number of hydrogen-bond acceptors (Lipinski definition) is 7. The van der Waals surface area contributed by atoms with Crippen molar-refractivity contribution in [3.63, 3.8) is 0 Å². The molecular formula is C14H15N3O3S. The fourth-order valence-electron chi connectivity index (χ4n) is 1.55. The van der Waals surface area contributed by atoms with Crippen LogP contribution in [-0.4, -0.2) is 28.4 Å². The van der Waals surface area contributed by atoms with E-state index in [1.54, 1.807) is 30.5 Å². The number of carbonyl (C=O) groups excluding carboxylic acids is 1. The van der Waals surface area contributed by atoms with Gasteiger partial charge in [-0.3, -0.25) is 5.43 Å². The molecule has 6 nitrogen and oxygen atoms in total. The van der Waals surface area contributed by atoms with Gasteiger partial charge in [0.1, 0.15) is 5.75 Å². The van der Waals surface area contributed by atoms with Crippen LogP contribution in [0.3, 0.4) is 0 Å². The first-order valence-electron chi connectivity index (χ1n) is 6.32. The summed E-state index contributed by atoms with van der Waals surface area (Å²) in [6.07, 6.45) is 0. The van der Waals surface area contributed by atoms with Crippen molar-refractivity contribution in [2.24, 2.45) is 5.10 Å². The van der Waals surface area contributed by atoms with Crippen LogP contribution in [0.5, 0.6) is 5.75 Å². The maximum absolute atomic E-state index is 11.5. The molecule has 21 heavy (non-hydrogen) atoms. The molecule has 1 heterocycles. The lowest BCUT2D eigenvalue weighted by Crippen LogP contribution is -2.05. The van der Waals surface area contributed by atoms with Crippen molar-refractivity contribution in [2.45, 2.75) is 13.8 Å². The van der Waals surface area contributed by atoms with Gasteiger partial charge < -0.3 is 9.84 Å². The molecule has 0 atom stereocenters. The van der Waals surface area contributed by atoms with Gasteiger partial charge in [-0.15, -0.1) is 11.3 Å². The van der Waals surface area contributed by atoms with Crippen LogP contribution in [0.1, 0.15) is 29.9 Å². The maximum Gasteiger partial charge on any atom is 0.357 e. The number of phenols is 1. The van der Waals surface area contributed by atoms with Crippen LogP contribution in [-0.2, 0) is 4.74 Å². The highest BCUT2D eigenvalue weighted by atomic mass is 32.1. The minimum atomic E-state index is -0.449. The molecule has 0 saturated heterocycles. The van der Waals surface area contributed by atoms with Crippen molar-refractivity contribution in [2.75, 3.05) is 12.0 Å². The number of aromatic hydroxyl groups is 1. The minimum absolute atomic E-state index is 0.181. The van der Waals surface area contributed by atoms with Crippen LogP contribution < -0.4 is 5.43 Å². The van der Waals surface area contributed by atoms with Gasteiger partial charge >= 0.3 is 5.97 Å².